The van der Waals surface area contributed by atoms with Crippen molar-refractivity contribution in [3.63, 3.8) is 0 Å². The maximum Gasteiger partial charge on any atom is 0.185 e. The monoisotopic (exact) mass is 390 g/mol. The van der Waals surface area contributed by atoms with E-state index in [1.807, 2.05) is 44.2 Å². The number of hydrogen-bond donors (Lipinski definition) is 2. The maximum absolute atomic E-state index is 12.6. The molecule has 1 aliphatic rings. The zero-order valence-corrected chi connectivity index (χ0v) is 17.0. The lowest BCUT2D eigenvalue weighted by atomic mass is 9.98. The van der Waals surface area contributed by atoms with Gasteiger partial charge in [0.2, 0.25) is 0 Å². The highest BCUT2D eigenvalue weighted by molar-refractivity contribution is 6.07. The topological polar surface area (TPSA) is 66.8 Å². The molecule has 0 bridgehead atoms. The number of carbonyl (C=O) groups excluding carboxylic acids is 1. The normalized spacial score (nSPS) is 15.6. The second kappa shape index (κ2) is 8.10. The molecule has 150 valence electrons. The molecule has 1 aliphatic heterocycles. The average molecular weight is 390 g/mol. The van der Waals surface area contributed by atoms with Crippen LogP contribution in [0.25, 0.3) is 12.2 Å². The summed E-state index contributed by atoms with van der Waals surface area (Å²) in [4.78, 5) is 12.6. The quantitative estimate of drug-likeness (QED) is 0.416. The van der Waals surface area contributed by atoms with E-state index in [1.54, 1.807) is 25.1 Å². The van der Waals surface area contributed by atoms with E-state index in [9.17, 15) is 15.0 Å². The fraction of sp³-hybridized carbons (Fsp3) is 0.240. The van der Waals surface area contributed by atoms with Crippen LogP contribution in [0.15, 0.2) is 60.7 Å². The second-order valence-electron chi connectivity index (χ2n) is 7.94. The second-order valence-corrected chi connectivity index (χ2v) is 7.94. The van der Waals surface area contributed by atoms with Gasteiger partial charge in [0.05, 0.1) is 6.10 Å². The summed E-state index contributed by atoms with van der Waals surface area (Å²) in [6.07, 6.45) is 6.73. The Balaban J connectivity index is 1.77. The molecule has 1 heterocycles. The molecular weight excluding hydrogens is 364 g/mol. The molecule has 1 atom stereocenters. The summed E-state index contributed by atoms with van der Waals surface area (Å²) in [5.74, 6) is 0.692. The van der Waals surface area contributed by atoms with Crippen molar-refractivity contribution >= 4 is 17.9 Å². The van der Waals surface area contributed by atoms with Gasteiger partial charge in [0.25, 0.3) is 0 Å². The Kier molecular flexibility index (Phi) is 5.76. The van der Waals surface area contributed by atoms with Gasteiger partial charge >= 0.3 is 0 Å². The van der Waals surface area contributed by atoms with Crippen molar-refractivity contribution in [2.45, 2.75) is 38.9 Å². The zero-order valence-electron chi connectivity index (χ0n) is 17.0. The van der Waals surface area contributed by atoms with Crippen LogP contribution in [0.4, 0.5) is 0 Å². The van der Waals surface area contributed by atoms with Gasteiger partial charge in [0.15, 0.2) is 5.78 Å². The van der Waals surface area contributed by atoms with Gasteiger partial charge in [-0.3, -0.25) is 4.79 Å². The first kappa shape index (κ1) is 20.6. The number of aliphatic hydroxyl groups is 1. The number of benzene rings is 2. The molecule has 1 unspecified atom stereocenters. The summed E-state index contributed by atoms with van der Waals surface area (Å²) in [7, 11) is 0. The van der Waals surface area contributed by atoms with Gasteiger partial charge in [0, 0.05) is 17.5 Å². The highest BCUT2D eigenvalue weighted by atomic mass is 16.5. The molecule has 0 spiro atoms. The zero-order chi connectivity index (χ0) is 21.2. The van der Waals surface area contributed by atoms with Gasteiger partial charge in [-0.05, 0) is 74.4 Å². The third-order valence-corrected chi connectivity index (χ3v) is 4.84. The third kappa shape index (κ3) is 5.04. The molecule has 0 amide bonds. The van der Waals surface area contributed by atoms with Gasteiger partial charge in [-0.2, -0.15) is 0 Å². The summed E-state index contributed by atoms with van der Waals surface area (Å²) in [6, 6.07) is 10.4. The Bertz CT molecular complexity index is 1010. The first-order valence-electron chi connectivity index (χ1n) is 9.55. The molecule has 2 aromatic rings. The Morgan fingerprint density at radius 1 is 1.24 bits per heavy atom. The molecular formula is C25H26O4. The van der Waals surface area contributed by atoms with Crippen molar-refractivity contribution in [3.8, 4) is 11.5 Å². The van der Waals surface area contributed by atoms with Crippen molar-refractivity contribution in [3.05, 3.63) is 83.0 Å². The highest BCUT2D eigenvalue weighted by Crippen LogP contribution is 2.31. The minimum Gasteiger partial charge on any atom is -0.508 e. The SMILES string of the molecule is C=C(C)C(O)Cc1cc(C(=O)C=Cc2ccc3c(c2)C=CC(C)(C)O3)ccc1O. The number of phenolic OH excluding ortho intramolecular Hbond substituents is 1. The predicted molar refractivity (Wildman–Crippen MR) is 116 cm³/mol. The van der Waals surface area contributed by atoms with Crippen molar-refractivity contribution in [1.29, 1.82) is 0 Å². The Morgan fingerprint density at radius 3 is 2.72 bits per heavy atom. The molecule has 0 aromatic heterocycles. The number of fused-ring (bicyclic) bond motifs is 1. The van der Waals surface area contributed by atoms with Crippen LogP contribution in [-0.2, 0) is 6.42 Å². The molecule has 4 heteroatoms. The van der Waals surface area contributed by atoms with Crippen LogP contribution in [0.5, 0.6) is 11.5 Å². The van der Waals surface area contributed by atoms with Gasteiger partial charge in [-0.15, -0.1) is 0 Å². The molecule has 2 aromatic carbocycles. The molecule has 3 rings (SSSR count). The summed E-state index contributed by atoms with van der Waals surface area (Å²) in [5.41, 5.74) is 3.11. The number of aromatic hydroxyl groups is 1. The van der Waals surface area contributed by atoms with Crippen molar-refractivity contribution in [2.75, 3.05) is 0 Å². The fourth-order valence-electron chi connectivity index (χ4n) is 3.05. The average Bonchev–Trinajstić information content (AvgIpc) is 2.67. The third-order valence-electron chi connectivity index (χ3n) is 4.84. The number of ketones is 1. The molecule has 0 saturated carbocycles. The van der Waals surface area contributed by atoms with E-state index in [1.165, 1.54) is 12.1 Å². The number of rotatable bonds is 6. The lowest BCUT2D eigenvalue weighted by Crippen LogP contribution is -2.27. The van der Waals surface area contributed by atoms with Crippen LogP contribution in [0.2, 0.25) is 0 Å². The molecule has 29 heavy (non-hydrogen) atoms. The minimum atomic E-state index is -0.766. The maximum atomic E-state index is 12.6. The molecule has 0 radical (unpaired) electrons. The molecule has 0 fully saturated rings. The predicted octanol–water partition coefficient (Wildman–Crippen LogP) is 4.95. The lowest BCUT2D eigenvalue weighted by Gasteiger charge is -2.27. The fourth-order valence-corrected chi connectivity index (χ4v) is 3.05. The minimum absolute atomic E-state index is 0.0511. The molecule has 2 N–H and O–H groups in total. The summed E-state index contributed by atoms with van der Waals surface area (Å²) < 4.78 is 5.91. The van der Waals surface area contributed by atoms with Crippen LogP contribution in [0.1, 0.15) is 47.8 Å². The van der Waals surface area contributed by atoms with E-state index >= 15 is 0 Å². The van der Waals surface area contributed by atoms with Crippen LogP contribution < -0.4 is 4.74 Å². The first-order valence-corrected chi connectivity index (χ1v) is 9.55. The van der Waals surface area contributed by atoms with Gasteiger partial charge in [0.1, 0.15) is 17.1 Å². The Hall–Kier alpha value is -3.11. The molecule has 0 saturated heterocycles. The summed E-state index contributed by atoms with van der Waals surface area (Å²) >= 11 is 0. The van der Waals surface area contributed by atoms with Gasteiger partial charge in [-0.25, -0.2) is 0 Å². The number of carbonyl (C=O) groups is 1. The van der Waals surface area contributed by atoms with Crippen LogP contribution in [-0.4, -0.2) is 27.7 Å². The number of hydrogen-bond acceptors (Lipinski definition) is 4. The van der Waals surface area contributed by atoms with Crippen LogP contribution in [0, 0.1) is 0 Å². The van der Waals surface area contributed by atoms with Gasteiger partial charge in [-0.1, -0.05) is 30.4 Å². The van der Waals surface area contributed by atoms with Crippen molar-refractivity contribution < 1.29 is 19.7 Å². The smallest absolute Gasteiger partial charge is 0.185 e. The Labute approximate surface area is 171 Å². The number of allylic oxidation sites excluding steroid dienone is 1. The highest BCUT2D eigenvalue weighted by Gasteiger charge is 2.21. The van der Waals surface area contributed by atoms with Crippen molar-refractivity contribution in [1.82, 2.24) is 0 Å². The first-order chi connectivity index (χ1) is 13.6. The largest absolute Gasteiger partial charge is 0.508 e. The van der Waals surface area contributed by atoms with Gasteiger partial charge < -0.3 is 14.9 Å². The van der Waals surface area contributed by atoms with E-state index in [2.05, 4.69) is 6.58 Å². The molecule has 0 aliphatic carbocycles. The number of aliphatic hydroxyl groups excluding tert-OH is 1. The van der Waals surface area contributed by atoms with E-state index in [0.29, 0.717) is 16.7 Å². The summed E-state index contributed by atoms with van der Waals surface area (Å²) in [6.45, 7) is 9.44. The number of phenols is 1. The summed E-state index contributed by atoms with van der Waals surface area (Å²) in [5, 5.41) is 20.0. The molecule has 4 nitrogen and oxygen atoms in total. The van der Waals surface area contributed by atoms with Crippen LogP contribution >= 0.6 is 0 Å². The van der Waals surface area contributed by atoms with E-state index in [0.717, 1.165) is 16.9 Å². The van der Waals surface area contributed by atoms with Crippen LogP contribution in [0.3, 0.4) is 0 Å². The van der Waals surface area contributed by atoms with E-state index in [-0.39, 0.29) is 23.6 Å². The standard InChI is InChI=1S/C25H26O4/c1-16(2)23(28)15-20-14-18(7-9-22(20)27)21(26)8-5-17-6-10-24-19(13-17)11-12-25(3,4)29-24/h5-14,23,27-28H,1,15H2,2-4H3. The van der Waals surface area contributed by atoms with E-state index < -0.39 is 6.10 Å². The number of ether oxygens (including phenoxy) is 1. The van der Waals surface area contributed by atoms with E-state index in [4.69, 9.17) is 4.74 Å². The Morgan fingerprint density at radius 2 is 2.00 bits per heavy atom. The lowest BCUT2D eigenvalue weighted by molar-refractivity contribution is 0.104. The van der Waals surface area contributed by atoms with Crippen molar-refractivity contribution in [2.24, 2.45) is 0 Å².